The van der Waals surface area contributed by atoms with E-state index in [1.807, 2.05) is 0 Å². The lowest BCUT2D eigenvalue weighted by atomic mass is 10.4. The van der Waals surface area contributed by atoms with Crippen molar-refractivity contribution in [2.24, 2.45) is 0 Å². The Labute approximate surface area is 99.3 Å². The molecule has 0 fully saturated rings. The van der Waals surface area contributed by atoms with Crippen molar-refractivity contribution in [1.29, 1.82) is 0 Å². The highest BCUT2D eigenvalue weighted by atomic mass is 16.5. The van der Waals surface area contributed by atoms with E-state index >= 15 is 0 Å². The molecule has 0 saturated carbocycles. The first-order chi connectivity index (χ1) is 8.13. The van der Waals surface area contributed by atoms with Gasteiger partial charge in [-0.15, -0.1) is 0 Å². The standard InChI is InChI=1S/C11H16N2O4/c1-8(14)13-10-5-4-9(17-10)11(15)12-6-3-7-16-2/h4-5H,3,6-7H2,1-2H3,(H,12,15)(H,13,14). The summed E-state index contributed by atoms with van der Waals surface area (Å²) < 4.78 is 9.99. The zero-order chi connectivity index (χ0) is 12.7. The van der Waals surface area contributed by atoms with Crippen LogP contribution in [0.3, 0.4) is 0 Å². The van der Waals surface area contributed by atoms with Crippen molar-refractivity contribution < 1.29 is 18.7 Å². The Morgan fingerprint density at radius 3 is 2.82 bits per heavy atom. The first-order valence-electron chi connectivity index (χ1n) is 5.28. The summed E-state index contributed by atoms with van der Waals surface area (Å²) in [4.78, 5) is 22.3. The molecular formula is C11H16N2O4. The third-order valence-electron chi connectivity index (χ3n) is 1.94. The smallest absolute Gasteiger partial charge is 0.287 e. The van der Waals surface area contributed by atoms with Gasteiger partial charge in [-0.25, -0.2) is 0 Å². The molecule has 0 saturated heterocycles. The lowest BCUT2D eigenvalue weighted by molar-refractivity contribution is -0.114. The lowest BCUT2D eigenvalue weighted by Crippen LogP contribution is -2.24. The van der Waals surface area contributed by atoms with Gasteiger partial charge in [0.25, 0.3) is 5.91 Å². The van der Waals surface area contributed by atoms with E-state index in [0.29, 0.717) is 13.2 Å². The molecule has 2 N–H and O–H groups in total. The molecule has 0 unspecified atom stereocenters. The Kier molecular flexibility index (Phi) is 5.22. The average Bonchev–Trinajstić information content (AvgIpc) is 2.71. The number of carbonyl (C=O) groups is 2. The van der Waals surface area contributed by atoms with E-state index in [-0.39, 0.29) is 23.5 Å². The van der Waals surface area contributed by atoms with Crippen LogP contribution in [0.1, 0.15) is 23.9 Å². The summed E-state index contributed by atoms with van der Waals surface area (Å²) >= 11 is 0. The maximum Gasteiger partial charge on any atom is 0.287 e. The van der Waals surface area contributed by atoms with Gasteiger partial charge in [-0.2, -0.15) is 0 Å². The molecule has 6 nitrogen and oxygen atoms in total. The van der Waals surface area contributed by atoms with Gasteiger partial charge in [0.1, 0.15) is 0 Å². The van der Waals surface area contributed by atoms with Crippen LogP contribution in [0.25, 0.3) is 0 Å². The average molecular weight is 240 g/mol. The summed E-state index contributed by atoms with van der Waals surface area (Å²) in [6.45, 7) is 2.48. The van der Waals surface area contributed by atoms with Crippen molar-refractivity contribution >= 4 is 17.7 Å². The van der Waals surface area contributed by atoms with Gasteiger partial charge in [0.15, 0.2) is 11.6 Å². The highest BCUT2D eigenvalue weighted by Crippen LogP contribution is 2.12. The molecular weight excluding hydrogens is 224 g/mol. The minimum Gasteiger partial charge on any atom is -0.435 e. The molecule has 6 heteroatoms. The molecule has 0 bridgehead atoms. The van der Waals surface area contributed by atoms with E-state index in [1.165, 1.54) is 19.1 Å². The maximum atomic E-state index is 11.5. The molecule has 0 spiro atoms. The molecule has 1 heterocycles. The largest absolute Gasteiger partial charge is 0.435 e. The molecule has 17 heavy (non-hydrogen) atoms. The molecule has 0 atom stereocenters. The van der Waals surface area contributed by atoms with Crippen molar-refractivity contribution in [2.45, 2.75) is 13.3 Å². The normalized spacial score (nSPS) is 10.0. The fourth-order valence-corrected chi connectivity index (χ4v) is 1.21. The summed E-state index contributed by atoms with van der Waals surface area (Å²) in [7, 11) is 1.61. The monoisotopic (exact) mass is 240 g/mol. The van der Waals surface area contributed by atoms with E-state index in [1.54, 1.807) is 7.11 Å². The third kappa shape index (κ3) is 4.69. The molecule has 0 radical (unpaired) electrons. The number of hydrogen-bond acceptors (Lipinski definition) is 4. The van der Waals surface area contributed by atoms with Crippen molar-refractivity contribution in [1.82, 2.24) is 5.32 Å². The molecule has 0 aliphatic rings. The molecule has 1 aromatic heterocycles. The van der Waals surface area contributed by atoms with Crippen LogP contribution in [0.4, 0.5) is 5.88 Å². The molecule has 94 valence electrons. The number of amides is 2. The van der Waals surface area contributed by atoms with Crippen LogP contribution in [-0.2, 0) is 9.53 Å². The van der Waals surface area contributed by atoms with Gasteiger partial charge in [0.2, 0.25) is 5.91 Å². The van der Waals surface area contributed by atoms with Gasteiger partial charge in [-0.05, 0) is 12.5 Å². The van der Waals surface area contributed by atoms with Crippen LogP contribution in [-0.4, -0.2) is 32.1 Å². The fraction of sp³-hybridized carbons (Fsp3) is 0.455. The summed E-state index contributed by atoms with van der Waals surface area (Å²) in [6.07, 6.45) is 0.738. The molecule has 0 aliphatic carbocycles. The van der Waals surface area contributed by atoms with Crippen molar-refractivity contribution in [3.63, 3.8) is 0 Å². The number of carbonyl (C=O) groups excluding carboxylic acids is 2. The van der Waals surface area contributed by atoms with Gasteiger partial charge in [-0.3, -0.25) is 14.9 Å². The van der Waals surface area contributed by atoms with E-state index in [4.69, 9.17) is 9.15 Å². The molecule has 0 aromatic carbocycles. The quantitative estimate of drug-likeness (QED) is 0.727. The van der Waals surface area contributed by atoms with E-state index in [2.05, 4.69) is 10.6 Å². The number of rotatable bonds is 6. The SMILES string of the molecule is COCCCNC(=O)c1ccc(NC(C)=O)o1. The van der Waals surface area contributed by atoms with Gasteiger partial charge in [0.05, 0.1) is 0 Å². The highest BCUT2D eigenvalue weighted by molar-refractivity contribution is 5.93. The number of hydrogen-bond donors (Lipinski definition) is 2. The highest BCUT2D eigenvalue weighted by Gasteiger charge is 2.10. The molecule has 2 amide bonds. The summed E-state index contributed by atoms with van der Waals surface area (Å²) in [5.74, 6) is -0.116. The number of furan rings is 1. The van der Waals surface area contributed by atoms with Gasteiger partial charge < -0.3 is 14.5 Å². The predicted octanol–water partition coefficient (Wildman–Crippen LogP) is 1.00. The second kappa shape index (κ2) is 6.70. The first-order valence-corrected chi connectivity index (χ1v) is 5.28. The molecule has 1 rings (SSSR count). The second-order valence-electron chi connectivity index (χ2n) is 3.45. The van der Waals surface area contributed by atoms with Crippen LogP contribution in [0.15, 0.2) is 16.5 Å². The third-order valence-corrected chi connectivity index (χ3v) is 1.94. The van der Waals surface area contributed by atoms with Gasteiger partial charge in [0, 0.05) is 33.3 Å². The lowest BCUT2D eigenvalue weighted by Gasteiger charge is -2.02. The molecule has 1 aromatic rings. The van der Waals surface area contributed by atoms with Crippen molar-refractivity contribution in [3.8, 4) is 0 Å². The number of nitrogens with one attached hydrogen (secondary N) is 2. The first kappa shape index (κ1) is 13.2. The Hall–Kier alpha value is -1.82. The van der Waals surface area contributed by atoms with Crippen LogP contribution in [0.2, 0.25) is 0 Å². The molecule has 0 aliphatic heterocycles. The zero-order valence-corrected chi connectivity index (χ0v) is 9.91. The second-order valence-corrected chi connectivity index (χ2v) is 3.45. The minimum atomic E-state index is -0.308. The Balaban J connectivity index is 2.41. The van der Waals surface area contributed by atoms with Crippen molar-refractivity contribution in [2.75, 3.05) is 25.6 Å². The van der Waals surface area contributed by atoms with Crippen molar-refractivity contribution in [3.05, 3.63) is 17.9 Å². The van der Waals surface area contributed by atoms with Crippen LogP contribution in [0.5, 0.6) is 0 Å². The summed E-state index contributed by atoms with van der Waals surface area (Å²) in [5, 5.41) is 5.13. The van der Waals surface area contributed by atoms with Gasteiger partial charge >= 0.3 is 0 Å². The van der Waals surface area contributed by atoms with Crippen LogP contribution >= 0.6 is 0 Å². The Morgan fingerprint density at radius 2 is 2.18 bits per heavy atom. The topological polar surface area (TPSA) is 80.6 Å². The van der Waals surface area contributed by atoms with Gasteiger partial charge in [-0.1, -0.05) is 0 Å². The van der Waals surface area contributed by atoms with E-state index < -0.39 is 0 Å². The minimum absolute atomic E-state index is 0.172. The number of ether oxygens (including phenoxy) is 1. The fourth-order valence-electron chi connectivity index (χ4n) is 1.21. The maximum absolute atomic E-state index is 11.5. The predicted molar refractivity (Wildman–Crippen MR) is 61.8 cm³/mol. The number of anilines is 1. The number of methoxy groups -OCH3 is 1. The summed E-state index contributed by atoms with van der Waals surface area (Å²) in [5.41, 5.74) is 0. The van der Waals surface area contributed by atoms with Crippen LogP contribution in [0, 0.1) is 0 Å². The Bertz CT molecular complexity index is 387. The van der Waals surface area contributed by atoms with Crippen LogP contribution < -0.4 is 10.6 Å². The zero-order valence-electron chi connectivity index (χ0n) is 9.91. The van der Waals surface area contributed by atoms with E-state index in [9.17, 15) is 9.59 Å². The summed E-state index contributed by atoms with van der Waals surface area (Å²) in [6, 6.07) is 3.04. The van der Waals surface area contributed by atoms with E-state index in [0.717, 1.165) is 6.42 Å². The Morgan fingerprint density at radius 1 is 1.41 bits per heavy atom.